The van der Waals surface area contributed by atoms with Gasteiger partial charge < -0.3 is 4.74 Å². The van der Waals surface area contributed by atoms with Crippen molar-refractivity contribution in [3.05, 3.63) is 64.7 Å². The molecule has 0 amide bonds. The second-order valence-electron chi connectivity index (χ2n) is 5.02. The Labute approximate surface area is 120 Å². The van der Waals surface area contributed by atoms with Gasteiger partial charge in [0.1, 0.15) is 12.4 Å². The van der Waals surface area contributed by atoms with E-state index in [0.29, 0.717) is 18.6 Å². The molecule has 0 saturated heterocycles. The molecule has 0 aliphatic carbocycles. The zero-order valence-corrected chi connectivity index (χ0v) is 12.3. The molecule has 0 saturated carbocycles. The van der Waals surface area contributed by atoms with Crippen molar-refractivity contribution in [1.29, 1.82) is 0 Å². The molecule has 0 heterocycles. The van der Waals surface area contributed by atoms with Gasteiger partial charge in [-0.1, -0.05) is 42.8 Å². The van der Waals surface area contributed by atoms with Gasteiger partial charge in [-0.2, -0.15) is 0 Å². The molecule has 0 aliphatic heterocycles. The molecular formula is C18H20O2. The van der Waals surface area contributed by atoms with Crippen LogP contribution in [0.5, 0.6) is 5.75 Å². The van der Waals surface area contributed by atoms with E-state index in [1.165, 1.54) is 16.7 Å². The van der Waals surface area contributed by atoms with Crippen LogP contribution in [0.3, 0.4) is 0 Å². The molecule has 2 nitrogen and oxygen atoms in total. The topological polar surface area (TPSA) is 26.3 Å². The third kappa shape index (κ3) is 3.47. The fourth-order valence-corrected chi connectivity index (χ4v) is 2.08. The van der Waals surface area contributed by atoms with Crippen LogP contribution in [0.4, 0.5) is 0 Å². The normalized spacial score (nSPS) is 10.3. The van der Waals surface area contributed by atoms with Gasteiger partial charge in [0.05, 0.1) is 0 Å². The standard InChI is InChI=1S/C18H20O2/c1-4-18(19)15-6-5-7-17(11-15)20-12-16-10-13(2)8-9-14(16)3/h5-11H,4,12H2,1-3H3. The molecule has 0 spiro atoms. The third-order valence-corrected chi connectivity index (χ3v) is 3.38. The SMILES string of the molecule is CCC(=O)c1cccc(OCc2cc(C)ccc2C)c1. The van der Waals surface area contributed by atoms with Crippen LogP contribution in [0.1, 0.15) is 40.4 Å². The van der Waals surface area contributed by atoms with Gasteiger partial charge in [0.25, 0.3) is 0 Å². The Bertz CT molecular complexity index is 615. The number of hydrogen-bond donors (Lipinski definition) is 0. The van der Waals surface area contributed by atoms with Gasteiger partial charge >= 0.3 is 0 Å². The number of hydrogen-bond acceptors (Lipinski definition) is 2. The van der Waals surface area contributed by atoms with Gasteiger partial charge in [0, 0.05) is 12.0 Å². The first-order valence-electron chi connectivity index (χ1n) is 6.92. The van der Waals surface area contributed by atoms with Crippen molar-refractivity contribution in [3.8, 4) is 5.75 Å². The highest BCUT2D eigenvalue weighted by molar-refractivity contribution is 5.96. The third-order valence-electron chi connectivity index (χ3n) is 3.38. The van der Waals surface area contributed by atoms with Crippen molar-refractivity contribution < 1.29 is 9.53 Å². The van der Waals surface area contributed by atoms with E-state index in [0.717, 1.165) is 5.75 Å². The molecule has 2 aromatic carbocycles. The second kappa shape index (κ2) is 6.38. The van der Waals surface area contributed by atoms with Crippen LogP contribution >= 0.6 is 0 Å². The minimum absolute atomic E-state index is 0.141. The molecule has 0 aliphatic rings. The van der Waals surface area contributed by atoms with Gasteiger partial charge in [-0.15, -0.1) is 0 Å². The predicted molar refractivity (Wildman–Crippen MR) is 81.3 cm³/mol. The molecule has 0 fully saturated rings. The number of Topliss-reactive ketones (excluding diaryl/α,β-unsaturated/α-hetero) is 1. The molecular weight excluding hydrogens is 248 g/mol. The summed E-state index contributed by atoms with van der Waals surface area (Å²) in [6.07, 6.45) is 0.514. The summed E-state index contributed by atoms with van der Waals surface area (Å²) >= 11 is 0. The molecule has 0 radical (unpaired) electrons. The molecule has 2 aromatic rings. The maximum absolute atomic E-state index is 11.7. The first-order chi connectivity index (χ1) is 9.60. The number of aryl methyl sites for hydroxylation is 2. The average Bonchev–Trinajstić information content (AvgIpc) is 2.47. The van der Waals surface area contributed by atoms with Crippen LogP contribution in [0.2, 0.25) is 0 Å². The summed E-state index contributed by atoms with van der Waals surface area (Å²) in [7, 11) is 0. The molecule has 0 aromatic heterocycles. The summed E-state index contributed by atoms with van der Waals surface area (Å²) in [6, 6.07) is 13.7. The Balaban J connectivity index is 2.11. The largest absolute Gasteiger partial charge is 0.489 e. The van der Waals surface area contributed by atoms with Crippen molar-refractivity contribution in [2.45, 2.75) is 33.8 Å². The van der Waals surface area contributed by atoms with Crippen molar-refractivity contribution in [3.63, 3.8) is 0 Å². The molecule has 0 atom stereocenters. The maximum Gasteiger partial charge on any atom is 0.162 e. The first-order valence-corrected chi connectivity index (χ1v) is 6.92. The van der Waals surface area contributed by atoms with Crippen LogP contribution in [0.25, 0.3) is 0 Å². The van der Waals surface area contributed by atoms with Crippen LogP contribution in [0.15, 0.2) is 42.5 Å². The lowest BCUT2D eigenvalue weighted by molar-refractivity contribution is 0.0987. The van der Waals surface area contributed by atoms with E-state index in [9.17, 15) is 4.79 Å². The fourth-order valence-electron chi connectivity index (χ4n) is 2.08. The lowest BCUT2D eigenvalue weighted by Crippen LogP contribution is -2.00. The lowest BCUT2D eigenvalue weighted by Gasteiger charge is -2.10. The summed E-state index contributed by atoms with van der Waals surface area (Å²) in [4.78, 5) is 11.7. The summed E-state index contributed by atoms with van der Waals surface area (Å²) < 4.78 is 5.81. The number of rotatable bonds is 5. The van der Waals surface area contributed by atoms with E-state index in [2.05, 4.69) is 32.0 Å². The summed E-state index contributed by atoms with van der Waals surface area (Å²) in [6.45, 7) is 6.54. The quantitative estimate of drug-likeness (QED) is 0.748. The van der Waals surface area contributed by atoms with Crippen LogP contribution < -0.4 is 4.74 Å². The summed E-state index contributed by atoms with van der Waals surface area (Å²) in [5.41, 5.74) is 4.34. The number of ketones is 1. The molecule has 0 N–H and O–H groups in total. The number of benzene rings is 2. The highest BCUT2D eigenvalue weighted by Gasteiger charge is 2.05. The average molecular weight is 268 g/mol. The fraction of sp³-hybridized carbons (Fsp3) is 0.278. The predicted octanol–water partition coefficient (Wildman–Crippen LogP) is 4.48. The van der Waals surface area contributed by atoms with Crippen LogP contribution in [0, 0.1) is 13.8 Å². The van der Waals surface area contributed by atoms with Crippen molar-refractivity contribution in [2.24, 2.45) is 0 Å². The minimum atomic E-state index is 0.141. The van der Waals surface area contributed by atoms with Crippen LogP contribution in [-0.2, 0) is 6.61 Å². The molecule has 2 rings (SSSR count). The maximum atomic E-state index is 11.7. The monoisotopic (exact) mass is 268 g/mol. The molecule has 20 heavy (non-hydrogen) atoms. The summed E-state index contributed by atoms with van der Waals surface area (Å²) in [5, 5.41) is 0. The number of carbonyl (C=O) groups excluding carboxylic acids is 1. The molecule has 2 heteroatoms. The van der Waals surface area contributed by atoms with Crippen molar-refractivity contribution in [2.75, 3.05) is 0 Å². The molecule has 104 valence electrons. The number of ether oxygens (including phenoxy) is 1. The smallest absolute Gasteiger partial charge is 0.162 e. The Kier molecular flexibility index (Phi) is 4.57. The van der Waals surface area contributed by atoms with E-state index in [-0.39, 0.29) is 5.78 Å². The zero-order valence-electron chi connectivity index (χ0n) is 12.3. The Morgan fingerprint density at radius 3 is 2.65 bits per heavy atom. The Hall–Kier alpha value is -2.09. The molecule has 0 unspecified atom stereocenters. The van der Waals surface area contributed by atoms with Gasteiger partial charge in [0.2, 0.25) is 0 Å². The van der Waals surface area contributed by atoms with E-state index in [1.54, 1.807) is 0 Å². The van der Waals surface area contributed by atoms with E-state index >= 15 is 0 Å². The lowest BCUT2D eigenvalue weighted by atomic mass is 10.1. The van der Waals surface area contributed by atoms with Crippen LogP contribution in [-0.4, -0.2) is 5.78 Å². The highest BCUT2D eigenvalue weighted by Crippen LogP contribution is 2.18. The first kappa shape index (κ1) is 14.3. The van der Waals surface area contributed by atoms with Crippen molar-refractivity contribution >= 4 is 5.78 Å². The Morgan fingerprint density at radius 2 is 1.90 bits per heavy atom. The van der Waals surface area contributed by atoms with Gasteiger partial charge in [-0.3, -0.25) is 4.79 Å². The second-order valence-corrected chi connectivity index (χ2v) is 5.02. The van der Waals surface area contributed by atoms with E-state index < -0.39 is 0 Å². The summed E-state index contributed by atoms with van der Waals surface area (Å²) in [5.74, 6) is 0.882. The van der Waals surface area contributed by atoms with Gasteiger partial charge in [-0.25, -0.2) is 0 Å². The van der Waals surface area contributed by atoms with E-state index in [1.807, 2.05) is 31.2 Å². The van der Waals surface area contributed by atoms with Gasteiger partial charge in [-0.05, 0) is 37.1 Å². The zero-order chi connectivity index (χ0) is 14.5. The molecule has 0 bridgehead atoms. The number of carbonyl (C=O) groups is 1. The Morgan fingerprint density at radius 1 is 1.10 bits per heavy atom. The highest BCUT2D eigenvalue weighted by atomic mass is 16.5. The van der Waals surface area contributed by atoms with E-state index in [4.69, 9.17) is 4.74 Å². The van der Waals surface area contributed by atoms with Gasteiger partial charge in [0.15, 0.2) is 5.78 Å². The minimum Gasteiger partial charge on any atom is -0.489 e. The van der Waals surface area contributed by atoms with Crippen molar-refractivity contribution in [1.82, 2.24) is 0 Å².